The molecule has 20 heavy (non-hydrogen) atoms. The molecule has 0 unspecified atom stereocenters. The van der Waals surface area contributed by atoms with Gasteiger partial charge in [0.25, 0.3) is 0 Å². The third kappa shape index (κ3) is 2.38. The van der Waals surface area contributed by atoms with Crippen LogP contribution < -0.4 is 0 Å². The normalized spacial score (nSPS) is 10.4. The van der Waals surface area contributed by atoms with E-state index in [4.69, 9.17) is 0 Å². The number of halogens is 1. The number of aromatic hydroxyl groups is 1. The highest BCUT2D eigenvalue weighted by atomic mass is 19.1. The molecule has 98 valence electrons. The van der Waals surface area contributed by atoms with E-state index in [2.05, 4.69) is 4.98 Å². The van der Waals surface area contributed by atoms with Gasteiger partial charge in [0.05, 0.1) is 11.4 Å². The van der Waals surface area contributed by atoms with Gasteiger partial charge in [-0.1, -0.05) is 18.2 Å². The number of para-hydroxylation sites is 1. The summed E-state index contributed by atoms with van der Waals surface area (Å²) in [4.78, 5) is 4.52. The monoisotopic (exact) mass is 265 g/mol. The van der Waals surface area contributed by atoms with Crippen molar-refractivity contribution >= 4 is 0 Å². The van der Waals surface area contributed by atoms with Crippen molar-refractivity contribution in [2.75, 3.05) is 0 Å². The fraction of sp³-hybridized carbons (Fsp3) is 0. The van der Waals surface area contributed by atoms with Crippen molar-refractivity contribution in [1.82, 2.24) is 4.98 Å². The summed E-state index contributed by atoms with van der Waals surface area (Å²) in [6.07, 6.45) is 0. The summed E-state index contributed by atoms with van der Waals surface area (Å²) in [7, 11) is 0. The lowest BCUT2D eigenvalue weighted by Gasteiger charge is -2.06. The van der Waals surface area contributed by atoms with E-state index in [1.807, 2.05) is 30.3 Å². The fourth-order valence-electron chi connectivity index (χ4n) is 2.06. The van der Waals surface area contributed by atoms with Crippen LogP contribution in [0.2, 0.25) is 0 Å². The summed E-state index contributed by atoms with van der Waals surface area (Å²) in [5, 5.41) is 9.87. The zero-order valence-corrected chi connectivity index (χ0v) is 10.6. The lowest BCUT2D eigenvalue weighted by molar-refractivity contribution is 0.477. The van der Waals surface area contributed by atoms with Crippen LogP contribution in [0.3, 0.4) is 0 Å². The highest BCUT2D eigenvalue weighted by Crippen LogP contribution is 2.28. The molecule has 1 N–H and O–H groups in total. The standard InChI is InChI=1S/C17H12FNO/c18-13-10-8-12(9-11-13)15-5-3-6-16(19-15)14-4-1-2-7-17(14)20/h1-11,20H. The van der Waals surface area contributed by atoms with Crippen LogP contribution in [0.5, 0.6) is 5.75 Å². The molecule has 1 heterocycles. The van der Waals surface area contributed by atoms with Crippen molar-refractivity contribution in [3.63, 3.8) is 0 Å². The molecule has 0 aliphatic heterocycles. The molecule has 0 aliphatic carbocycles. The molecule has 0 bridgehead atoms. The first-order valence-corrected chi connectivity index (χ1v) is 6.25. The van der Waals surface area contributed by atoms with E-state index >= 15 is 0 Å². The predicted octanol–water partition coefficient (Wildman–Crippen LogP) is 4.26. The van der Waals surface area contributed by atoms with Crippen LogP contribution in [-0.2, 0) is 0 Å². The molecule has 0 atom stereocenters. The van der Waals surface area contributed by atoms with Gasteiger partial charge in [-0.05, 0) is 48.5 Å². The van der Waals surface area contributed by atoms with Crippen LogP contribution in [0.4, 0.5) is 4.39 Å². The van der Waals surface area contributed by atoms with Crippen molar-refractivity contribution in [2.24, 2.45) is 0 Å². The minimum absolute atomic E-state index is 0.191. The second-order valence-electron chi connectivity index (χ2n) is 4.43. The molecule has 2 aromatic carbocycles. The number of phenols is 1. The Hall–Kier alpha value is -2.68. The average molecular weight is 265 g/mol. The Morgan fingerprint density at radius 3 is 2.20 bits per heavy atom. The van der Waals surface area contributed by atoms with Crippen LogP contribution >= 0.6 is 0 Å². The molecule has 3 rings (SSSR count). The fourth-order valence-corrected chi connectivity index (χ4v) is 2.06. The van der Waals surface area contributed by atoms with E-state index in [9.17, 15) is 9.50 Å². The first-order chi connectivity index (χ1) is 9.74. The number of hydrogen-bond acceptors (Lipinski definition) is 2. The Labute approximate surface area is 116 Å². The van der Waals surface area contributed by atoms with E-state index in [0.717, 1.165) is 11.3 Å². The number of phenolic OH excluding ortho intramolecular Hbond substituents is 1. The van der Waals surface area contributed by atoms with Crippen LogP contribution in [0.1, 0.15) is 0 Å². The zero-order valence-electron chi connectivity index (χ0n) is 10.6. The quantitative estimate of drug-likeness (QED) is 0.751. The SMILES string of the molecule is Oc1ccccc1-c1cccc(-c2ccc(F)cc2)n1. The molecule has 0 fully saturated rings. The van der Waals surface area contributed by atoms with E-state index in [1.54, 1.807) is 24.3 Å². The Morgan fingerprint density at radius 2 is 1.45 bits per heavy atom. The molecular formula is C17H12FNO. The summed E-state index contributed by atoms with van der Waals surface area (Å²) >= 11 is 0. The molecule has 3 heteroatoms. The molecule has 1 aromatic heterocycles. The molecule has 0 radical (unpaired) electrons. The first-order valence-electron chi connectivity index (χ1n) is 6.25. The number of nitrogens with zero attached hydrogens (tertiary/aromatic N) is 1. The van der Waals surface area contributed by atoms with E-state index in [1.165, 1.54) is 12.1 Å². The highest BCUT2D eigenvalue weighted by Gasteiger charge is 2.06. The van der Waals surface area contributed by atoms with Crippen molar-refractivity contribution in [2.45, 2.75) is 0 Å². The Balaban J connectivity index is 2.06. The van der Waals surface area contributed by atoms with Crippen LogP contribution in [0.15, 0.2) is 66.7 Å². The summed E-state index contributed by atoms with van der Waals surface area (Å²) in [5.41, 5.74) is 2.94. The molecule has 0 aliphatic rings. The molecule has 0 saturated carbocycles. The highest BCUT2D eigenvalue weighted by molar-refractivity contribution is 5.70. The second-order valence-corrected chi connectivity index (χ2v) is 4.43. The minimum Gasteiger partial charge on any atom is -0.507 e. The topological polar surface area (TPSA) is 33.1 Å². The van der Waals surface area contributed by atoms with Crippen molar-refractivity contribution < 1.29 is 9.50 Å². The molecule has 3 aromatic rings. The lowest BCUT2D eigenvalue weighted by atomic mass is 10.1. The average Bonchev–Trinajstić information content (AvgIpc) is 2.49. The third-order valence-electron chi connectivity index (χ3n) is 3.07. The third-order valence-corrected chi connectivity index (χ3v) is 3.07. The number of aromatic nitrogens is 1. The molecule has 0 saturated heterocycles. The van der Waals surface area contributed by atoms with Gasteiger partial charge in [0, 0.05) is 11.1 Å². The van der Waals surface area contributed by atoms with E-state index < -0.39 is 0 Å². The first kappa shape index (κ1) is 12.4. The number of benzene rings is 2. The largest absolute Gasteiger partial charge is 0.507 e. The summed E-state index contributed by atoms with van der Waals surface area (Å²) in [5.74, 6) is -0.0816. The van der Waals surface area contributed by atoms with Crippen molar-refractivity contribution in [3.05, 3.63) is 72.5 Å². The second kappa shape index (κ2) is 5.13. The van der Waals surface area contributed by atoms with Gasteiger partial charge in [-0.15, -0.1) is 0 Å². The van der Waals surface area contributed by atoms with Gasteiger partial charge in [0.2, 0.25) is 0 Å². The summed E-state index contributed by atoms with van der Waals surface area (Å²) in [6, 6.07) is 18.8. The molecule has 0 spiro atoms. The maximum Gasteiger partial charge on any atom is 0.124 e. The van der Waals surface area contributed by atoms with Crippen LogP contribution in [0, 0.1) is 5.82 Å². The number of hydrogen-bond donors (Lipinski definition) is 1. The van der Waals surface area contributed by atoms with Gasteiger partial charge in [-0.2, -0.15) is 0 Å². The van der Waals surface area contributed by atoms with E-state index in [-0.39, 0.29) is 11.6 Å². The van der Waals surface area contributed by atoms with Gasteiger partial charge in [-0.25, -0.2) is 9.37 Å². The minimum atomic E-state index is -0.273. The van der Waals surface area contributed by atoms with Crippen molar-refractivity contribution in [1.29, 1.82) is 0 Å². The van der Waals surface area contributed by atoms with Crippen molar-refractivity contribution in [3.8, 4) is 28.3 Å². The smallest absolute Gasteiger partial charge is 0.124 e. The molecule has 2 nitrogen and oxygen atoms in total. The lowest BCUT2D eigenvalue weighted by Crippen LogP contribution is -1.88. The Morgan fingerprint density at radius 1 is 0.750 bits per heavy atom. The number of pyridine rings is 1. The predicted molar refractivity (Wildman–Crippen MR) is 76.7 cm³/mol. The zero-order chi connectivity index (χ0) is 13.9. The number of rotatable bonds is 2. The Bertz CT molecular complexity index is 738. The molecule has 0 amide bonds. The van der Waals surface area contributed by atoms with E-state index in [0.29, 0.717) is 11.3 Å². The van der Waals surface area contributed by atoms with Gasteiger partial charge in [0.1, 0.15) is 11.6 Å². The van der Waals surface area contributed by atoms with Crippen LogP contribution in [-0.4, -0.2) is 10.1 Å². The Kier molecular flexibility index (Phi) is 3.17. The summed E-state index contributed by atoms with van der Waals surface area (Å²) < 4.78 is 12.9. The van der Waals surface area contributed by atoms with Gasteiger partial charge < -0.3 is 5.11 Å². The van der Waals surface area contributed by atoms with Gasteiger partial charge in [-0.3, -0.25) is 0 Å². The maximum absolute atomic E-state index is 12.9. The maximum atomic E-state index is 12.9. The summed E-state index contributed by atoms with van der Waals surface area (Å²) in [6.45, 7) is 0. The van der Waals surface area contributed by atoms with Gasteiger partial charge in [0.15, 0.2) is 0 Å². The van der Waals surface area contributed by atoms with Gasteiger partial charge >= 0.3 is 0 Å². The molecular weight excluding hydrogens is 253 g/mol. The van der Waals surface area contributed by atoms with Crippen LogP contribution in [0.25, 0.3) is 22.5 Å².